The van der Waals surface area contributed by atoms with Crippen molar-refractivity contribution in [3.63, 3.8) is 0 Å². The van der Waals surface area contributed by atoms with E-state index in [1.54, 1.807) is 4.68 Å². The summed E-state index contributed by atoms with van der Waals surface area (Å²) < 4.78 is 7.57. The van der Waals surface area contributed by atoms with E-state index in [4.69, 9.17) is 10.5 Å². The van der Waals surface area contributed by atoms with Crippen LogP contribution < -0.4 is 10.5 Å². The van der Waals surface area contributed by atoms with E-state index in [1.807, 2.05) is 39.4 Å². The van der Waals surface area contributed by atoms with Gasteiger partial charge in [0.2, 0.25) is 0 Å². The van der Waals surface area contributed by atoms with Crippen molar-refractivity contribution in [3.8, 4) is 5.75 Å². The van der Waals surface area contributed by atoms with Crippen molar-refractivity contribution in [2.45, 2.75) is 20.3 Å². The molecule has 0 spiro atoms. The highest BCUT2D eigenvalue weighted by Gasteiger charge is 2.06. The van der Waals surface area contributed by atoms with Crippen molar-refractivity contribution in [3.05, 3.63) is 41.2 Å². The van der Waals surface area contributed by atoms with Crippen molar-refractivity contribution in [2.24, 2.45) is 7.05 Å². The second-order valence-corrected chi connectivity index (χ2v) is 4.62. The summed E-state index contributed by atoms with van der Waals surface area (Å²) in [7, 11) is 1.91. The van der Waals surface area contributed by atoms with E-state index in [1.165, 1.54) is 5.56 Å². The summed E-state index contributed by atoms with van der Waals surface area (Å²) in [5.41, 5.74) is 10.1. The summed E-state index contributed by atoms with van der Waals surface area (Å²) in [6.45, 7) is 4.66. The van der Waals surface area contributed by atoms with Crippen LogP contribution in [0.5, 0.6) is 5.75 Å². The number of rotatable bonds is 4. The molecule has 96 valence electrons. The zero-order chi connectivity index (χ0) is 13.1. The van der Waals surface area contributed by atoms with Crippen LogP contribution in [0.3, 0.4) is 0 Å². The Labute approximate surface area is 107 Å². The van der Waals surface area contributed by atoms with Crippen LogP contribution in [-0.2, 0) is 13.5 Å². The van der Waals surface area contributed by atoms with Crippen molar-refractivity contribution < 1.29 is 4.74 Å². The summed E-state index contributed by atoms with van der Waals surface area (Å²) in [5.74, 6) is 0.796. The third kappa shape index (κ3) is 2.83. The second kappa shape index (κ2) is 5.12. The molecular weight excluding hydrogens is 226 g/mol. The normalized spacial score (nSPS) is 10.6. The van der Waals surface area contributed by atoms with Crippen LogP contribution in [-0.4, -0.2) is 16.4 Å². The average molecular weight is 245 g/mol. The largest absolute Gasteiger partial charge is 0.491 e. The number of aryl methyl sites for hydroxylation is 3. The Hall–Kier alpha value is -1.97. The van der Waals surface area contributed by atoms with Gasteiger partial charge in [-0.05, 0) is 36.6 Å². The minimum atomic E-state index is 0.611. The Bertz CT molecular complexity index is 523. The first kappa shape index (κ1) is 12.5. The Kier molecular flexibility index (Phi) is 3.55. The molecule has 1 aromatic heterocycles. The van der Waals surface area contributed by atoms with Gasteiger partial charge < -0.3 is 10.5 Å². The summed E-state index contributed by atoms with van der Waals surface area (Å²) in [6.07, 6.45) is 4.68. The fourth-order valence-corrected chi connectivity index (χ4v) is 2.06. The molecule has 4 nitrogen and oxygen atoms in total. The summed E-state index contributed by atoms with van der Waals surface area (Å²) in [5, 5.41) is 4.13. The van der Waals surface area contributed by atoms with Crippen molar-refractivity contribution >= 4 is 5.69 Å². The van der Waals surface area contributed by atoms with Crippen LogP contribution in [0.4, 0.5) is 5.69 Å². The number of ether oxygens (including phenoxy) is 1. The molecule has 0 aliphatic rings. The van der Waals surface area contributed by atoms with Gasteiger partial charge in [-0.2, -0.15) is 5.10 Å². The number of hydrogen-bond acceptors (Lipinski definition) is 3. The summed E-state index contributed by atoms with van der Waals surface area (Å²) in [4.78, 5) is 0. The predicted molar refractivity (Wildman–Crippen MR) is 72.7 cm³/mol. The topological polar surface area (TPSA) is 53.1 Å². The van der Waals surface area contributed by atoms with Crippen LogP contribution in [0.1, 0.15) is 16.7 Å². The van der Waals surface area contributed by atoms with Gasteiger partial charge in [-0.3, -0.25) is 4.68 Å². The van der Waals surface area contributed by atoms with Crippen LogP contribution in [0.25, 0.3) is 0 Å². The minimum absolute atomic E-state index is 0.611. The predicted octanol–water partition coefficient (Wildman–Crippen LogP) is 2.24. The maximum absolute atomic E-state index is 5.96. The SMILES string of the molecule is Cc1cc(C)c(OCCc2cnn(C)c2)c(N)c1. The number of benzene rings is 1. The third-order valence-electron chi connectivity index (χ3n) is 2.84. The lowest BCUT2D eigenvalue weighted by molar-refractivity contribution is 0.321. The molecule has 0 saturated carbocycles. The molecule has 2 rings (SSSR count). The van der Waals surface area contributed by atoms with Gasteiger partial charge in [0.25, 0.3) is 0 Å². The Balaban J connectivity index is 1.98. The lowest BCUT2D eigenvalue weighted by Crippen LogP contribution is -2.04. The molecule has 0 bridgehead atoms. The Morgan fingerprint density at radius 2 is 2.11 bits per heavy atom. The van der Waals surface area contributed by atoms with Gasteiger partial charge in [-0.1, -0.05) is 6.07 Å². The van der Waals surface area contributed by atoms with Crippen LogP contribution in [0.2, 0.25) is 0 Å². The first-order chi connectivity index (χ1) is 8.56. The monoisotopic (exact) mass is 245 g/mol. The molecule has 0 aliphatic heterocycles. The maximum Gasteiger partial charge on any atom is 0.145 e. The lowest BCUT2D eigenvalue weighted by atomic mass is 10.1. The van der Waals surface area contributed by atoms with Gasteiger partial charge in [-0.25, -0.2) is 0 Å². The second-order valence-electron chi connectivity index (χ2n) is 4.62. The molecule has 1 heterocycles. The molecule has 0 atom stereocenters. The Morgan fingerprint density at radius 3 is 2.72 bits per heavy atom. The fraction of sp³-hybridized carbons (Fsp3) is 0.357. The summed E-state index contributed by atoms with van der Waals surface area (Å²) in [6, 6.07) is 4.02. The fourth-order valence-electron chi connectivity index (χ4n) is 2.06. The molecular formula is C14H19N3O. The Morgan fingerprint density at radius 1 is 1.33 bits per heavy atom. The average Bonchev–Trinajstić information content (AvgIpc) is 2.68. The van der Waals surface area contributed by atoms with E-state index >= 15 is 0 Å². The number of anilines is 1. The molecule has 0 unspecified atom stereocenters. The molecule has 2 N–H and O–H groups in total. The van der Waals surface area contributed by atoms with Crippen LogP contribution in [0.15, 0.2) is 24.5 Å². The highest BCUT2D eigenvalue weighted by molar-refractivity contribution is 5.58. The molecule has 18 heavy (non-hydrogen) atoms. The number of nitrogens with zero attached hydrogens (tertiary/aromatic N) is 2. The third-order valence-corrected chi connectivity index (χ3v) is 2.84. The van der Waals surface area contributed by atoms with E-state index < -0.39 is 0 Å². The van der Waals surface area contributed by atoms with Gasteiger partial charge >= 0.3 is 0 Å². The smallest absolute Gasteiger partial charge is 0.145 e. The number of hydrogen-bond donors (Lipinski definition) is 1. The van der Waals surface area contributed by atoms with E-state index in [0.717, 1.165) is 23.3 Å². The molecule has 0 aliphatic carbocycles. The van der Waals surface area contributed by atoms with Crippen LogP contribution in [0, 0.1) is 13.8 Å². The van der Waals surface area contributed by atoms with Crippen LogP contribution >= 0.6 is 0 Å². The summed E-state index contributed by atoms with van der Waals surface area (Å²) >= 11 is 0. The van der Waals surface area contributed by atoms with Gasteiger partial charge in [0.05, 0.1) is 18.5 Å². The minimum Gasteiger partial charge on any atom is -0.491 e. The van der Waals surface area contributed by atoms with E-state index in [0.29, 0.717) is 12.3 Å². The zero-order valence-corrected chi connectivity index (χ0v) is 11.1. The first-order valence-corrected chi connectivity index (χ1v) is 6.03. The molecule has 4 heteroatoms. The number of nitrogen functional groups attached to an aromatic ring is 1. The molecule has 0 amide bonds. The van der Waals surface area contributed by atoms with Gasteiger partial charge in [0.15, 0.2) is 0 Å². The van der Waals surface area contributed by atoms with Crippen molar-refractivity contribution in [1.82, 2.24) is 9.78 Å². The highest BCUT2D eigenvalue weighted by Crippen LogP contribution is 2.27. The molecule has 2 aromatic rings. The lowest BCUT2D eigenvalue weighted by Gasteiger charge is -2.12. The van der Waals surface area contributed by atoms with Gasteiger partial charge in [-0.15, -0.1) is 0 Å². The molecule has 0 radical (unpaired) electrons. The molecule has 0 fully saturated rings. The highest BCUT2D eigenvalue weighted by atomic mass is 16.5. The molecule has 0 saturated heterocycles. The van der Waals surface area contributed by atoms with Gasteiger partial charge in [0.1, 0.15) is 5.75 Å². The number of aromatic nitrogens is 2. The molecule has 1 aromatic carbocycles. The number of nitrogens with two attached hydrogens (primary N) is 1. The van der Waals surface area contributed by atoms with E-state index in [9.17, 15) is 0 Å². The zero-order valence-electron chi connectivity index (χ0n) is 11.1. The van der Waals surface area contributed by atoms with Crippen molar-refractivity contribution in [2.75, 3.05) is 12.3 Å². The quantitative estimate of drug-likeness (QED) is 0.840. The van der Waals surface area contributed by atoms with Crippen molar-refractivity contribution in [1.29, 1.82) is 0 Å². The van der Waals surface area contributed by atoms with E-state index in [2.05, 4.69) is 11.2 Å². The van der Waals surface area contributed by atoms with Gasteiger partial charge in [0, 0.05) is 19.7 Å². The van der Waals surface area contributed by atoms with E-state index in [-0.39, 0.29) is 0 Å². The maximum atomic E-state index is 5.96. The standard InChI is InChI=1S/C14H19N3O/c1-10-6-11(2)14(13(15)7-10)18-5-4-12-8-16-17(3)9-12/h6-9H,4-5,15H2,1-3H3. The first-order valence-electron chi connectivity index (χ1n) is 6.03.